The van der Waals surface area contributed by atoms with Gasteiger partial charge < -0.3 is 9.64 Å². The molecule has 1 spiro atoms. The number of hydrogen-bond acceptors (Lipinski definition) is 2. The van der Waals surface area contributed by atoms with Gasteiger partial charge in [0.15, 0.2) is 0 Å². The summed E-state index contributed by atoms with van der Waals surface area (Å²) in [6.07, 6.45) is 13.8. The molecule has 0 N–H and O–H groups in total. The monoisotopic (exact) mass is 293 g/mol. The van der Waals surface area contributed by atoms with Gasteiger partial charge in [-0.2, -0.15) is 0 Å². The highest BCUT2D eigenvalue weighted by molar-refractivity contribution is 5.76. The lowest BCUT2D eigenvalue weighted by atomic mass is 9.76. The molecule has 0 aromatic carbocycles. The van der Waals surface area contributed by atoms with Crippen LogP contribution in [0.2, 0.25) is 0 Å². The number of nitrogens with zero attached hydrogens (tertiary/aromatic N) is 1. The summed E-state index contributed by atoms with van der Waals surface area (Å²) in [5.41, 5.74) is 0.273. The zero-order chi connectivity index (χ0) is 14.7. The summed E-state index contributed by atoms with van der Waals surface area (Å²) in [7, 11) is 1.85. The Labute approximate surface area is 129 Å². The highest BCUT2D eigenvalue weighted by Gasteiger charge is 2.46. The van der Waals surface area contributed by atoms with Crippen molar-refractivity contribution in [3.05, 3.63) is 0 Å². The van der Waals surface area contributed by atoms with E-state index < -0.39 is 0 Å². The van der Waals surface area contributed by atoms with Gasteiger partial charge in [-0.25, -0.2) is 0 Å². The third kappa shape index (κ3) is 3.28. The fraction of sp³-hybridized carbons (Fsp3) is 0.944. The summed E-state index contributed by atoms with van der Waals surface area (Å²) in [4.78, 5) is 14.9. The fourth-order valence-electron chi connectivity index (χ4n) is 5.08. The summed E-state index contributed by atoms with van der Waals surface area (Å²) in [5.74, 6) is 1.08. The second kappa shape index (κ2) is 6.68. The minimum absolute atomic E-state index is 0.273. The van der Waals surface area contributed by atoms with E-state index in [2.05, 4.69) is 4.90 Å². The number of rotatable bonds is 3. The van der Waals surface area contributed by atoms with Crippen LogP contribution in [0.25, 0.3) is 0 Å². The Balaban J connectivity index is 1.58. The first-order valence-electron chi connectivity index (χ1n) is 9.04. The first-order valence-corrected chi connectivity index (χ1v) is 9.04. The van der Waals surface area contributed by atoms with Crippen LogP contribution in [0.4, 0.5) is 0 Å². The van der Waals surface area contributed by atoms with E-state index >= 15 is 0 Å². The van der Waals surface area contributed by atoms with Crippen molar-refractivity contribution in [3.63, 3.8) is 0 Å². The van der Waals surface area contributed by atoms with Crippen LogP contribution in [0.3, 0.4) is 0 Å². The summed E-state index contributed by atoms with van der Waals surface area (Å²) in [5, 5.41) is 0. The predicted molar refractivity (Wildman–Crippen MR) is 84.1 cm³/mol. The van der Waals surface area contributed by atoms with Gasteiger partial charge in [-0.05, 0) is 44.4 Å². The lowest BCUT2D eigenvalue weighted by molar-refractivity contribution is -0.138. The van der Waals surface area contributed by atoms with Crippen molar-refractivity contribution >= 4 is 5.91 Å². The van der Waals surface area contributed by atoms with Crippen molar-refractivity contribution in [2.75, 3.05) is 20.2 Å². The third-order valence-corrected chi connectivity index (χ3v) is 6.26. The van der Waals surface area contributed by atoms with Crippen molar-refractivity contribution in [3.8, 4) is 0 Å². The molecule has 1 saturated heterocycles. The predicted octanol–water partition coefficient (Wildman–Crippen LogP) is 3.76. The third-order valence-electron chi connectivity index (χ3n) is 6.26. The Bertz CT molecular complexity index is 364. The number of amides is 1. The largest absolute Gasteiger partial charge is 0.381 e. The molecule has 1 heterocycles. The molecular weight excluding hydrogens is 262 g/mol. The van der Waals surface area contributed by atoms with Gasteiger partial charge in [0.2, 0.25) is 5.91 Å². The van der Waals surface area contributed by atoms with Gasteiger partial charge in [-0.1, -0.05) is 25.7 Å². The van der Waals surface area contributed by atoms with E-state index in [1.165, 1.54) is 57.8 Å². The fourth-order valence-corrected chi connectivity index (χ4v) is 5.08. The van der Waals surface area contributed by atoms with E-state index in [4.69, 9.17) is 4.74 Å². The summed E-state index contributed by atoms with van der Waals surface area (Å²) in [6, 6.07) is 0. The van der Waals surface area contributed by atoms with Crippen LogP contribution in [0.5, 0.6) is 0 Å². The standard InChI is InChI=1S/C18H31NO2/c1-21-16-9-5-10-18(16)11-6-12-19(14-18)17(20)13-15-7-3-2-4-8-15/h15-16H,2-14H2,1H3/t16-,18+/m1/s1. The molecule has 1 amide bonds. The van der Waals surface area contributed by atoms with Gasteiger partial charge in [-0.15, -0.1) is 0 Å². The molecule has 120 valence electrons. The van der Waals surface area contributed by atoms with E-state index in [0.717, 1.165) is 25.9 Å². The molecule has 21 heavy (non-hydrogen) atoms. The molecule has 3 heteroatoms. The zero-order valence-electron chi connectivity index (χ0n) is 13.6. The summed E-state index contributed by atoms with van der Waals surface area (Å²) >= 11 is 0. The van der Waals surface area contributed by atoms with Gasteiger partial charge in [0.05, 0.1) is 6.10 Å². The Hall–Kier alpha value is -0.570. The molecule has 3 fully saturated rings. The second-order valence-electron chi connectivity index (χ2n) is 7.61. The number of likely N-dealkylation sites (tertiary alicyclic amines) is 1. The average Bonchev–Trinajstić information content (AvgIpc) is 2.90. The first-order chi connectivity index (χ1) is 10.2. The van der Waals surface area contributed by atoms with E-state index in [0.29, 0.717) is 17.9 Å². The molecule has 2 saturated carbocycles. The number of piperidine rings is 1. The van der Waals surface area contributed by atoms with E-state index in [9.17, 15) is 4.79 Å². The van der Waals surface area contributed by atoms with Crippen LogP contribution in [-0.4, -0.2) is 37.1 Å². The molecule has 2 aliphatic carbocycles. The van der Waals surface area contributed by atoms with Crippen LogP contribution < -0.4 is 0 Å². The minimum Gasteiger partial charge on any atom is -0.381 e. The number of carbonyl (C=O) groups excluding carboxylic acids is 1. The van der Waals surface area contributed by atoms with Gasteiger partial charge in [0, 0.05) is 32.0 Å². The maximum Gasteiger partial charge on any atom is 0.222 e. The molecule has 2 atom stereocenters. The molecule has 0 radical (unpaired) electrons. The minimum atomic E-state index is 0.273. The van der Waals surface area contributed by atoms with Crippen LogP contribution in [0.15, 0.2) is 0 Å². The lowest BCUT2D eigenvalue weighted by Gasteiger charge is -2.44. The van der Waals surface area contributed by atoms with Gasteiger partial charge in [-0.3, -0.25) is 4.79 Å². The highest BCUT2D eigenvalue weighted by atomic mass is 16.5. The highest BCUT2D eigenvalue weighted by Crippen LogP contribution is 2.46. The topological polar surface area (TPSA) is 29.5 Å². The Morgan fingerprint density at radius 3 is 2.62 bits per heavy atom. The second-order valence-corrected chi connectivity index (χ2v) is 7.61. The molecule has 1 aliphatic heterocycles. The molecule has 0 aromatic heterocycles. The van der Waals surface area contributed by atoms with Crippen LogP contribution in [0, 0.1) is 11.3 Å². The van der Waals surface area contributed by atoms with Gasteiger partial charge in [0.1, 0.15) is 0 Å². The number of methoxy groups -OCH3 is 1. The van der Waals surface area contributed by atoms with Crippen LogP contribution >= 0.6 is 0 Å². The summed E-state index contributed by atoms with van der Waals surface area (Å²) < 4.78 is 5.74. The van der Waals surface area contributed by atoms with Crippen molar-refractivity contribution in [2.45, 2.75) is 76.7 Å². The smallest absolute Gasteiger partial charge is 0.222 e. The van der Waals surface area contributed by atoms with Crippen molar-refractivity contribution in [1.82, 2.24) is 4.90 Å². The Kier molecular flexibility index (Phi) is 4.88. The zero-order valence-corrected chi connectivity index (χ0v) is 13.6. The molecule has 0 bridgehead atoms. The van der Waals surface area contributed by atoms with Crippen LogP contribution in [0.1, 0.15) is 70.6 Å². The Morgan fingerprint density at radius 2 is 1.86 bits per heavy atom. The number of carbonyl (C=O) groups is 1. The molecule has 0 aromatic rings. The lowest BCUT2D eigenvalue weighted by Crippen LogP contribution is -2.50. The normalized spacial score (nSPS) is 34.5. The van der Waals surface area contributed by atoms with Gasteiger partial charge >= 0.3 is 0 Å². The maximum atomic E-state index is 12.7. The first kappa shape index (κ1) is 15.3. The Morgan fingerprint density at radius 1 is 1.10 bits per heavy atom. The van der Waals surface area contributed by atoms with E-state index in [-0.39, 0.29) is 5.41 Å². The quantitative estimate of drug-likeness (QED) is 0.793. The maximum absolute atomic E-state index is 12.7. The van der Waals surface area contributed by atoms with Crippen LogP contribution in [-0.2, 0) is 9.53 Å². The van der Waals surface area contributed by atoms with Gasteiger partial charge in [0.25, 0.3) is 0 Å². The molecule has 0 unspecified atom stereocenters. The molecular formula is C18H31NO2. The molecule has 3 aliphatic rings. The number of ether oxygens (including phenoxy) is 1. The van der Waals surface area contributed by atoms with Crippen molar-refractivity contribution < 1.29 is 9.53 Å². The number of hydrogen-bond donors (Lipinski definition) is 0. The van der Waals surface area contributed by atoms with Crippen molar-refractivity contribution in [1.29, 1.82) is 0 Å². The SMILES string of the molecule is CO[C@@H]1CCC[C@@]12CCCN(C(=O)CC1CCCCC1)C2. The van der Waals surface area contributed by atoms with E-state index in [1.807, 2.05) is 7.11 Å². The van der Waals surface area contributed by atoms with E-state index in [1.54, 1.807) is 0 Å². The average molecular weight is 293 g/mol. The molecule has 3 rings (SSSR count). The molecule has 3 nitrogen and oxygen atoms in total. The summed E-state index contributed by atoms with van der Waals surface area (Å²) in [6.45, 7) is 1.93. The van der Waals surface area contributed by atoms with Crippen molar-refractivity contribution in [2.24, 2.45) is 11.3 Å².